The zero-order valence-corrected chi connectivity index (χ0v) is 15.2. The Labute approximate surface area is 162 Å². The molecule has 0 radical (unpaired) electrons. The number of nitrogens with one attached hydrogen (secondary N) is 2. The van der Waals surface area contributed by atoms with E-state index in [2.05, 4.69) is 25.7 Å². The second-order valence-corrected chi connectivity index (χ2v) is 6.57. The fourth-order valence-corrected chi connectivity index (χ4v) is 3.12. The van der Waals surface area contributed by atoms with Crippen molar-refractivity contribution < 1.29 is 10.0 Å². The van der Waals surface area contributed by atoms with Crippen molar-refractivity contribution in [2.45, 2.75) is 10.9 Å². The van der Waals surface area contributed by atoms with Crippen molar-refractivity contribution in [2.75, 3.05) is 5.43 Å². The number of hydrogen-bond donors (Lipinski definition) is 3. The quantitative estimate of drug-likeness (QED) is 0.236. The number of halogens is 1. The van der Waals surface area contributed by atoms with Crippen molar-refractivity contribution in [1.29, 1.82) is 0 Å². The lowest BCUT2D eigenvalue weighted by Gasteiger charge is -2.00. The molecule has 11 heteroatoms. The third-order valence-corrected chi connectivity index (χ3v) is 4.64. The minimum atomic E-state index is -0.552. The molecule has 0 saturated heterocycles. The molecule has 1 aromatic heterocycles. The summed E-state index contributed by atoms with van der Waals surface area (Å²) in [6, 6.07) is 11.2. The Morgan fingerprint density at radius 2 is 2.19 bits per heavy atom. The molecule has 138 valence electrons. The van der Waals surface area contributed by atoms with E-state index in [0.717, 1.165) is 5.56 Å². The van der Waals surface area contributed by atoms with E-state index >= 15 is 0 Å². The van der Waals surface area contributed by atoms with Gasteiger partial charge in [0.2, 0.25) is 11.1 Å². The van der Waals surface area contributed by atoms with Gasteiger partial charge in [-0.1, -0.05) is 41.6 Å². The molecule has 0 unspecified atom stereocenters. The lowest BCUT2D eigenvalue weighted by atomic mass is 10.2. The lowest BCUT2D eigenvalue weighted by Crippen LogP contribution is -1.94. The van der Waals surface area contributed by atoms with E-state index in [-0.39, 0.29) is 22.9 Å². The van der Waals surface area contributed by atoms with Gasteiger partial charge in [0.15, 0.2) is 0 Å². The van der Waals surface area contributed by atoms with Gasteiger partial charge in [0.25, 0.3) is 5.69 Å². The summed E-state index contributed by atoms with van der Waals surface area (Å²) in [6.07, 6.45) is 1.25. The van der Waals surface area contributed by atoms with Crippen LogP contribution < -0.4 is 5.43 Å². The molecule has 0 spiro atoms. The molecule has 0 amide bonds. The normalized spacial score (nSPS) is 11.0. The molecule has 3 rings (SSSR count). The van der Waals surface area contributed by atoms with Crippen LogP contribution in [-0.2, 0) is 5.75 Å². The van der Waals surface area contributed by atoms with E-state index in [1.54, 1.807) is 0 Å². The monoisotopic (exact) mass is 404 g/mol. The van der Waals surface area contributed by atoms with Gasteiger partial charge in [0.1, 0.15) is 5.75 Å². The number of benzene rings is 2. The van der Waals surface area contributed by atoms with Crippen molar-refractivity contribution >= 4 is 41.2 Å². The molecule has 27 heavy (non-hydrogen) atoms. The number of phenolic OH excluding ortho intramolecular Hbond substituents is 1. The minimum Gasteiger partial charge on any atom is -0.507 e. The van der Waals surface area contributed by atoms with Crippen molar-refractivity contribution in [3.8, 4) is 5.75 Å². The van der Waals surface area contributed by atoms with Crippen LogP contribution in [0.15, 0.2) is 52.7 Å². The van der Waals surface area contributed by atoms with E-state index in [9.17, 15) is 15.2 Å². The number of phenols is 1. The fourth-order valence-electron chi connectivity index (χ4n) is 2.04. The number of nitrogens with zero attached hydrogens (tertiary/aromatic N) is 4. The van der Waals surface area contributed by atoms with E-state index in [1.165, 1.54) is 36.2 Å². The van der Waals surface area contributed by atoms with Crippen molar-refractivity contribution in [1.82, 2.24) is 15.2 Å². The summed E-state index contributed by atoms with van der Waals surface area (Å²) in [7, 11) is 0. The molecular weight excluding hydrogens is 392 g/mol. The Hall–Kier alpha value is -3.11. The number of thioether (sulfide) groups is 1. The van der Waals surface area contributed by atoms with E-state index < -0.39 is 4.92 Å². The van der Waals surface area contributed by atoms with Crippen LogP contribution in [0, 0.1) is 10.1 Å². The summed E-state index contributed by atoms with van der Waals surface area (Å²) in [6.45, 7) is 0. The molecule has 3 aromatic rings. The number of hydrazone groups is 1. The zero-order chi connectivity index (χ0) is 19.2. The SMILES string of the molecule is O=[N+]([O-])c1ccc(O)c(/C=N/Nc2nc(SCc3ccccc3Cl)n[nH]2)c1. The second-order valence-electron chi connectivity index (χ2n) is 5.22. The molecule has 3 N–H and O–H groups in total. The fraction of sp³-hybridized carbons (Fsp3) is 0.0625. The van der Waals surface area contributed by atoms with Gasteiger partial charge < -0.3 is 5.11 Å². The molecular formula is C16H13ClN6O3S. The Kier molecular flexibility index (Phi) is 5.89. The standard InChI is InChI=1S/C16H13ClN6O3S/c17-13-4-2-1-3-10(13)9-27-16-19-15(21-22-16)20-18-8-11-7-12(23(25)26)5-6-14(11)24/h1-8,24H,9H2,(H2,19,20,21,22)/b18-8+. The third-order valence-electron chi connectivity index (χ3n) is 3.38. The molecule has 0 aliphatic carbocycles. The van der Waals surface area contributed by atoms with Gasteiger partial charge in [-0.25, -0.2) is 10.5 Å². The first-order valence-electron chi connectivity index (χ1n) is 7.58. The Morgan fingerprint density at radius 1 is 1.37 bits per heavy atom. The molecule has 2 aromatic carbocycles. The number of nitro groups is 1. The van der Waals surface area contributed by atoms with Crippen LogP contribution in [0.5, 0.6) is 5.75 Å². The van der Waals surface area contributed by atoms with Crippen molar-refractivity contribution in [3.05, 3.63) is 68.7 Å². The molecule has 0 aliphatic heterocycles. The summed E-state index contributed by atoms with van der Waals surface area (Å²) in [4.78, 5) is 14.4. The predicted molar refractivity (Wildman–Crippen MR) is 103 cm³/mol. The molecule has 1 heterocycles. The predicted octanol–water partition coefficient (Wildman–Crippen LogP) is 3.81. The summed E-state index contributed by atoms with van der Waals surface area (Å²) in [5.74, 6) is 0.777. The average Bonchev–Trinajstić information content (AvgIpc) is 3.10. The van der Waals surface area contributed by atoms with Crippen LogP contribution in [0.3, 0.4) is 0 Å². The Bertz CT molecular complexity index is 994. The molecule has 0 bridgehead atoms. The third kappa shape index (κ3) is 4.96. The molecule has 0 aliphatic rings. The zero-order valence-electron chi connectivity index (χ0n) is 13.7. The largest absolute Gasteiger partial charge is 0.507 e. The smallest absolute Gasteiger partial charge is 0.270 e. The van der Waals surface area contributed by atoms with Gasteiger partial charge in [0, 0.05) is 28.5 Å². The Balaban J connectivity index is 1.60. The van der Waals surface area contributed by atoms with Crippen LogP contribution in [0.25, 0.3) is 0 Å². The maximum absolute atomic E-state index is 10.8. The van der Waals surface area contributed by atoms with Gasteiger partial charge >= 0.3 is 0 Å². The van der Waals surface area contributed by atoms with E-state index in [0.29, 0.717) is 15.9 Å². The Morgan fingerprint density at radius 3 is 2.96 bits per heavy atom. The summed E-state index contributed by atoms with van der Waals surface area (Å²) < 4.78 is 0. The highest BCUT2D eigenvalue weighted by atomic mass is 35.5. The van der Waals surface area contributed by atoms with E-state index in [1.807, 2.05) is 24.3 Å². The van der Waals surface area contributed by atoms with Crippen LogP contribution >= 0.6 is 23.4 Å². The highest BCUT2D eigenvalue weighted by molar-refractivity contribution is 7.98. The number of nitro benzene ring substituents is 1. The topological polar surface area (TPSA) is 129 Å². The highest BCUT2D eigenvalue weighted by Gasteiger charge is 2.09. The van der Waals surface area contributed by atoms with Crippen molar-refractivity contribution in [3.63, 3.8) is 0 Å². The maximum Gasteiger partial charge on any atom is 0.270 e. The van der Waals surface area contributed by atoms with Crippen LogP contribution in [0.1, 0.15) is 11.1 Å². The maximum atomic E-state index is 10.8. The van der Waals surface area contributed by atoms with Crippen LogP contribution in [0.2, 0.25) is 5.02 Å². The van der Waals surface area contributed by atoms with Gasteiger partial charge in [0.05, 0.1) is 11.1 Å². The molecule has 0 fully saturated rings. The lowest BCUT2D eigenvalue weighted by molar-refractivity contribution is -0.384. The number of anilines is 1. The molecule has 9 nitrogen and oxygen atoms in total. The number of H-pyrrole nitrogens is 1. The average molecular weight is 405 g/mol. The van der Waals surface area contributed by atoms with E-state index in [4.69, 9.17) is 11.6 Å². The van der Waals surface area contributed by atoms with Gasteiger partial charge in [-0.2, -0.15) is 10.1 Å². The first-order valence-corrected chi connectivity index (χ1v) is 8.94. The minimum absolute atomic E-state index is 0.125. The first kappa shape index (κ1) is 18.7. The summed E-state index contributed by atoms with van der Waals surface area (Å²) in [5.41, 5.74) is 3.65. The highest BCUT2D eigenvalue weighted by Crippen LogP contribution is 2.25. The van der Waals surface area contributed by atoms with Crippen LogP contribution in [0.4, 0.5) is 11.6 Å². The number of hydrogen-bond acceptors (Lipinski definition) is 8. The number of non-ortho nitro benzene ring substituents is 1. The number of aromatic amines is 1. The number of aromatic hydroxyl groups is 1. The summed E-state index contributed by atoms with van der Waals surface area (Å²) in [5, 5.41) is 32.3. The first-order chi connectivity index (χ1) is 13.0. The second kappa shape index (κ2) is 8.52. The molecule has 0 saturated carbocycles. The summed E-state index contributed by atoms with van der Waals surface area (Å²) >= 11 is 7.51. The number of aromatic nitrogens is 3. The van der Waals surface area contributed by atoms with Gasteiger partial charge in [-0.3, -0.25) is 10.1 Å². The van der Waals surface area contributed by atoms with Gasteiger partial charge in [-0.15, -0.1) is 5.10 Å². The van der Waals surface area contributed by atoms with Gasteiger partial charge in [-0.05, 0) is 17.7 Å². The van der Waals surface area contributed by atoms with Crippen LogP contribution in [-0.4, -0.2) is 31.4 Å². The van der Waals surface area contributed by atoms with Crippen molar-refractivity contribution in [2.24, 2.45) is 5.10 Å². The number of rotatable bonds is 7. The molecule has 0 atom stereocenters.